The molecule has 18 heavy (non-hydrogen) atoms. The van der Waals surface area contributed by atoms with Crippen molar-refractivity contribution in [3.8, 4) is 0 Å². The summed E-state index contributed by atoms with van der Waals surface area (Å²) in [5.41, 5.74) is 8.16. The highest BCUT2D eigenvalue weighted by Gasteiger charge is 2.30. The first-order valence-corrected chi connectivity index (χ1v) is 6.73. The molecule has 0 saturated carbocycles. The van der Waals surface area contributed by atoms with Crippen molar-refractivity contribution >= 4 is 0 Å². The molecule has 2 atom stereocenters. The maximum atomic E-state index is 9.90. The third kappa shape index (κ3) is 3.55. The first-order valence-electron chi connectivity index (χ1n) is 6.73. The summed E-state index contributed by atoms with van der Waals surface area (Å²) in [6.07, 6.45) is 1.81. The standard InChI is InChI=1S/C15H24N2O/c1-12-3-5-13(6-4-12)14(16)7-9-17-10-8-15(2,18)11-17/h3-6,14,18H,7-11,16H2,1-2H3. The molecule has 2 rings (SSSR count). The van der Waals surface area contributed by atoms with Crippen molar-refractivity contribution < 1.29 is 5.11 Å². The van der Waals surface area contributed by atoms with Gasteiger partial charge in [-0.25, -0.2) is 0 Å². The number of aryl methyl sites for hydroxylation is 1. The van der Waals surface area contributed by atoms with Crippen molar-refractivity contribution in [3.63, 3.8) is 0 Å². The van der Waals surface area contributed by atoms with Crippen LogP contribution in [0.3, 0.4) is 0 Å². The minimum atomic E-state index is -0.506. The molecule has 0 aromatic heterocycles. The number of rotatable bonds is 4. The number of hydrogen-bond donors (Lipinski definition) is 2. The molecule has 3 heteroatoms. The second-order valence-corrected chi connectivity index (χ2v) is 5.83. The van der Waals surface area contributed by atoms with Crippen LogP contribution in [0.4, 0.5) is 0 Å². The Morgan fingerprint density at radius 3 is 2.61 bits per heavy atom. The van der Waals surface area contributed by atoms with Crippen LogP contribution < -0.4 is 5.73 Å². The van der Waals surface area contributed by atoms with Crippen LogP contribution in [-0.4, -0.2) is 35.2 Å². The van der Waals surface area contributed by atoms with Gasteiger partial charge in [0.2, 0.25) is 0 Å². The van der Waals surface area contributed by atoms with Gasteiger partial charge in [0.15, 0.2) is 0 Å². The molecule has 1 saturated heterocycles. The summed E-state index contributed by atoms with van der Waals surface area (Å²) < 4.78 is 0. The molecule has 0 amide bonds. The van der Waals surface area contributed by atoms with E-state index in [4.69, 9.17) is 5.73 Å². The van der Waals surface area contributed by atoms with E-state index in [-0.39, 0.29) is 6.04 Å². The van der Waals surface area contributed by atoms with Crippen LogP contribution >= 0.6 is 0 Å². The number of hydrogen-bond acceptors (Lipinski definition) is 3. The highest BCUT2D eigenvalue weighted by atomic mass is 16.3. The zero-order valence-corrected chi connectivity index (χ0v) is 11.4. The van der Waals surface area contributed by atoms with E-state index in [1.807, 2.05) is 6.92 Å². The summed E-state index contributed by atoms with van der Waals surface area (Å²) in [4.78, 5) is 2.30. The van der Waals surface area contributed by atoms with Crippen molar-refractivity contribution in [2.45, 2.75) is 38.3 Å². The van der Waals surface area contributed by atoms with E-state index in [1.54, 1.807) is 0 Å². The summed E-state index contributed by atoms with van der Waals surface area (Å²) in [6.45, 7) is 6.71. The van der Waals surface area contributed by atoms with Crippen LogP contribution in [0.5, 0.6) is 0 Å². The molecule has 100 valence electrons. The number of likely N-dealkylation sites (tertiary alicyclic amines) is 1. The van der Waals surface area contributed by atoms with Crippen molar-refractivity contribution in [2.24, 2.45) is 5.73 Å². The zero-order valence-electron chi connectivity index (χ0n) is 11.4. The van der Waals surface area contributed by atoms with Gasteiger partial charge in [-0.1, -0.05) is 29.8 Å². The lowest BCUT2D eigenvalue weighted by Crippen LogP contribution is -2.31. The smallest absolute Gasteiger partial charge is 0.0758 e. The summed E-state index contributed by atoms with van der Waals surface area (Å²) >= 11 is 0. The quantitative estimate of drug-likeness (QED) is 0.855. The molecule has 3 nitrogen and oxygen atoms in total. The number of β-amino-alcohol motifs (C(OH)–C–C–N with tert-alkyl or cyclic N) is 1. The van der Waals surface area contributed by atoms with Crippen LogP contribution in [0.25, 0.3) is 0 Å². The highest BCUT2D eigenvalue weighted by molar-refractivity contribution is 5.23. The topological polar surface area (TPSA) is 49.5 Å². The van der Waals surface area contributed by atoms with E-state index in [0.717, 1.165) is 32.5 Å². The lowest BCUT2D eigenvalue weighted by Gasteiger charge is -2.20. The molecule has 0 aliphatic carbocycles. The molecule has 0 radical (unpaired) electrons. The molecule has 0 spiro atoms. The molecular formula is C15H24N2O. The fourth-order valence-electron chi connectivity index (χ4n) is 2.53. The van der Waals surface area contributed by atoms with Gasteiger partial charge >= 0.3 is 0 Å². The number of nitrogens with zero attached hydrogens (tertiary/aromatic N) is 1. The van der Waals surface area contributed by atoms with Crippen molar-refractivity contribution in [2.75, 3.05) is 19.6 Å². The Kier molecular flexibility index (Phi) is 4.05. The van der Waals surface area contributed by atoms with Gasteiger partial charge in [-0.3, -0.25) is 0 Å². The van der Waals surface area contributed by atoms with Gasteiger partial charge in [0, 0.05) is 25.7 Å². The van der Waals surface area contributed by atoms with E-state index in [1.165, 1.54) is 11.1 Å². The first-order chi connectivity index (χ1) is 8.46. The van der Waals surface area contributed by atoms with Gasteiger partial charge in [0.1, 0.15) is 0 Å². The van der Waals surface area contributed by atoms with Crippen LogP contribution in [0.1, 0.15) is 36.9 Å². The van der Waals surface area contributed by atoms with E-state index in [9.17, 15) is 5.11 Å². The van der Waals surface area contributed by atoms with Gasteiger partial charge in [-0.05, 0) is 32.3 Å². The third-order valence-corrected chi connectivity index (χ3v) is 3.79. The maximum absolute atomic E-state index is 9.90. The Balaban J connectivity index is 1.82. The largest absolute Gasteiger partial charge is 0.389 e. The average Bonchev–Trinajstić information content (AvgIpc) is 2.67. The Hall–Kier alpha value is -0.900. The Bertz CT molecular complexity index is 386. The fourth-order valence-corrected chi connectivity index (χ4v) is 2.53. The lowest BCUT2D eigenvalue weighted by atomic mass is 10.0. The Labute approximate surface area is 110 Å². The van der Waals surface area contributed by atoms with E-state index in [0.29, 0.717) is 0 Å². The monoisotopic (exact) mass is 248 g/mol. The second kappa shape index (κ2) is 5.39. The molecule has 3 N–H and O–H groups in total. The van der Waals surface area contributed by atoms with Crippen molar-refractivity contribution in [3.05, 3.63) is 35.4 Å². The van der Waals surface area contributed by atoms with Gasteiger partial charge in [0.05, 0.1) is 5.60 Å². The second-order valence-electron chi connectivity index (χ2n) is 5.83. The summed E-state index contributed by atoms with van der Waals surface area (Å²) in [5, 5.41) is 9.90. The molecule has 1 aromatic carbocycles. The number of nitrogens with two attached hydrogens (primary N) is 1. The molecular weight excluding hydrogens is 224 g/mol. The van der Waals surface area contributed by atoms with Gasteiger partial charge in [-0.15, -0.1) is 0 Å². The normalized spacial score (nSPS) is 26.4. The summed E-state index contributed by atoms with van der Waals surface area (Å²) in [7, 11) is 0. The SMILES string of the molecule is Cc1ccc(C(N)CCN2CCC(C)(O)C2)cc1. The van der Waals surface area contributed by atoms with E-state index >= 15 is 0 Å². The predicted molar refractivity (Wildman–Crippen MR) is 74.4 cm³/mol. The highest BCUT2D eigenvalue weighted by Crippen LogP contribution is 2.22. The van der Waals surface area contributed by atoms with Crippen LogP contribution in [0.2, 0.25) is 0 Å². The zero-order chi connectivity index (χ0) is 13.2. The number of aliphatic hydroxyl groups is 1. The molecule has 1 aliphatic rings. The number of benzene rings is 1. The molecule has 1 aromatic rings. The van der Waals surface area contributed by atoms with E-state index < -0.39 is 5.60 Å². The molecule has 2 unspecified atom stereocenters. The third-order valence-electron chi connectivity index (χ3n) is 3.79. The fraction of sp³-hybridized carbons (Fsp3) is 0.600. The summed E-state index contributed by atoms with van der Waals surface area (Å²) in [6, 6.07) is 8.53. The first kappa shape index (κ1) is 13.5. The van der Waals surface area contributed by atoms with Gasteiger partial charge in [0.25, 0.3) is 0 Å². The molecule has 1 aliphatic heterocycles. The van der Waals surface area contributed by atoms with E-state index in [2.05, 4.69) is 36.1 Å². The minimum absolute atomic E-state index is 0.0937. The minimum Gasteiger partial charge on any atom is -0.389 e. The Morgan fingerprint density at radius 2 is 2.06 bits per heavy atom. The van der Waals surface area contributed by atoms with Gasteiger partial charge < -0.3 is 15.7 Å². The maximum Gasteiger partial charge on any atom is 0.0758 e. The molecule has 1 heterocycles. The van der Waals surface area contributed by atoms with Crippen LogP contribution in [-0.2, 0) is 0 Å². The molecule has 0 bridgehead atoms. The lowest BCUT2D eigenvalue weighted by molar-refractivity contribution is 0.0684. The predicted octanol–water partition coefficient (Wildman–Crippen LogP) is 1.84. The summed E-state index contributed by atoms with van der Waals surface area (Å²) in [5.74, 6) is 0. The van der Waals surface area contributed by atoms with Crippen LogP contribution in [0.15, 0.2) is 24.3 Å². The van der Waals surface area contributed by atoms with Crippen molar-refractivity contribution in [1.29, 1.82) is 0 Å². The average molecular weight is 248 g/mol. The van der Waals surface area contributed by atoms with Crippen molar-refractivity contribution in [1.82, 2.24) is 4.90 Å². The van der Waals surface area contributed by atoms with Crippen LogP contribution in [0, 0.1) is 6.92 Å². The molecule has 1 fully saturated rings. The Morgan fingerprint density at radius 1 is 1.39 bits per heavy atom. The van der Waals surface area contributed by atoms with Gasteiger partial charge in [-0.2, -0.15) is 0 Å².